The zero-order chi connectivity index (χ0) is 14.8. The highest BCUT2D eigenvalue weighted by Crippen LogP contribution is 2.25. The third-order valence-corrected chi connectivity index (χ3v) is 2.70. The first kappa shape index (κ1) is 14.1. The number of rotatable bonds is 4. The van der Waals surface area contributed by atoms with Gasteiger partial charge in [0.25, 0.3) is 0 Å². The summed E-state index contributed by atoms with van der Waals surface area (Å²) in [6.07, 6.45) is 1.06. The highest BCUT2D eigenvalue weighted by atomic mass is 19.1. The van der Waals surface area contributed by atoms with Gasteiger partial charge in [-0.1, -0.05) is 5.16 Å². The zero-order valence-electron chi connectivity index (χ0n) is 11.4. The lowest BCUT2D eigenvalue weighted by molar-refractivity contribution is -0.149. The van der Waals surface area contributed by atoms with E-state index in [2.05, 4.69) is 15.1 Å². The zero-order valence-corrected chi connectivity index (χ0v) is 11.4. The number of carbonyl (C=O) groups is 1. The van der Waals surface area contributed by atoms with Gasteiger partial charge in [-0.05, 0) is 32.9 Å². The van der Waals surface area contributed by atoms with Gasteiger partial charge in [-0.2, -0.15) is 4.98 Å². The molecule has 0 saturated carbocycles. The lowest BCUT2D eigenvalue weighted by Gasteiger charge is -2.16. The van der Waals surface area contributed by atoms with Crippen LogP contribution in [0.3, 0.4) is 0 Å². The molecule has 0 atom stereocenters. The van der Waals surface area contributed by atoms with Crippen molar-refractivity contribution in [3.63, 3.8) is 0 Å². The smallest absolute Gasteiger partial charge is 0.321 e. The second-order valence-corrected chi connectivity index (χ2v) is 4.63. The summed E-state index contributed by atoms with van der Waals surface area (Å²) >= 11 is 0. The second kappa shape index (κ2) is 5.36. The average Bonchev–Trinajstić information content (AvgIpc) is 2.90. The molecule has 0 bridgehead atoms. The molecular weight excluding hydrogens is 265 g/mol. The maximum absolute atomic E-state index is 12.8. The summed E-state index contributed by atoms with van der Waals surface area (Å²) in [6, 6.07) is 2.68. The average molecular weight is 279 g/mol. The minimum atomic E-state index is -1.05. The number of aromatic nitrogens is 3. The number of nitrogens with zero attached hydrogens (tertiary/aromatic N) is 3. The summed E-state index contributed by atoms with van der Waals surface area (Å²) < 4.78 is 22.8. The summed E-state index contributed by atoms with van der Waals surface area (Å²) in [4.78, 5) is 19.8. The molecule has 2 heterocycles. The molecule has 0 saturated heterocycles. The van der Waals surface area contributed by atoms with E-state index < -0.39 is 17.2 Å². The summed E-state index contributed by atoms with van der Waals surface area (Å²) in [6.45, 7) is 5.24. The molecular formula is C13H14FN3O3. The molecule has 0 spiro atoms. The van der Waals surface area contributed by atoms with Gasteiger partial charge in [-0.15, -0.1) is 0 Å². The lowest BCUT2D eigenvalue weighted by atomic mass is 9.94. The normalized spacial score (nSPS) is 11.4. The van der Waals surface area contributed by atoms with Crippen molar-refractivity contribution in [3.05, 3.63) is 30.0 Å². The third-order valence-electron chi connectivity index (χ3n) is 2.70. The molecule has 0 aliphatic heterocycles. The minimum Gasteiger partial charge on any atom is -0.465 e. The fraction of sp³-hybridized carbons (Fsp3) is 0.385. The first-order chi connectivity index (χ1) is 9.45. The first-order valence-corrected chi connectivity index (χ1v) is 6.08. The Morgan fingerprint density at radius 1 is 1.45 bits per heavy atom. The number of esters is 1. The Kier molecular flexibility index (Phi) is 3.78. The molecule has 0 amide bonds. The Hall–Kier alpha value is -2.31. The van der Waals surface area contributed by atoms with Crippen LogP contribution in [0, 0.1) is 5.82 Å². The summed E-state index contributed by atoms with van der Waals surface area (Å²) in [5.74, 6) is -0.596. The quantitative estimate of drug-likeness (QED) is 0.798. The van der Waals surface area contributed by atoms with Crippen LogP contribution < -0.4 is 0 Å². The number of hydrogen-bond acceptors (Lipinski definition) is 6. The van der Waals surface area contributed by atoms with Crippen LogP contribution >= 0.6 is 0 Å². The van der Waals surface area contributed by atoms with E-state index in [0.717, 1.165) is 6.20 Å². The van der Waals surface area contributed by atoms with E-state index in [9.17, 15) is 9.18 Å². The van der Waals surface area contributed by atoms with Gasteiger partial charge in [-0.25, -0.2) is 9.37 Å². The molecule has 0 radical (unpaired) electrons. The Morgan fingerprint density at radius 3 is 2.80 bits per heavy atom. The van der Waals surface area contributed by atoms with Crippen LogP contribution in [0.2, 0.25) is 0 Å². The van der Waals surface area contributed by atoms with Crippen molar-refractivity contribution < 1.29 is 18.4 Å². The number of ether oxygens (including phenoxy) is 1. The molecule has 0 aromatic carbocycles. The van der Waals surface area contributed by atoms with E-state index in [4.69, 9.17) is 9.26 Å². The lowest BCUT2D eigenvalue weighted by Crippen LogP contribution is -2.31. The van der Waals surface area contributed by atoms with Crippen molar-refractivity contribution in [2.24, 2.45) is 0 Å². The van der Waals surface area contributed by atoms with Gasteiger partial charge in [0.15, 0.2) is 0 Å². The number of halogens is 1. The number of carbonyl (C=O) groups excluding carboxylic acids is 1. The van der Waals surface area contributed by atoms with E-state index in [0.29, 0.717) is 5.69 Å². The highest BCUT2D eigenvalue weighted by Gasteiger charge is 2.37. The predicted molar refractivity (Wildman–Crippen MR) is 67.1 cm³/mol. The summed E-state index contributed by atoms with van der Waals surface area (Å²) in [7, 11) is 0. The Bertz CT molecular complexity index is 608. The Morgan fingerprint density at radius 2 is 2.20 bits per heavy atom. The fourth-order valence-electron chi connectivity index (χ4n) is 1.49. The third kappa shape index (κ3) is 2.66. The van der Waals surface area contributed by atoms with Gasteiger partial charge in [0.2, 0.25) is 11.7 Å². The van der Waals surface area contributed by atoms with Gasteiger partial charge in [-0.3, -0.25) is 4.79 Å². The SMILES string of the molecule is CCOC(=O)C(C)(C)c1nc(-c2ccc(F)cn2)no1. The van der Waals surface area contributed by atoms with E-state index >= 15 is 0 Å². The molecule has 106 valence electrons. The summed E-state index contributed by atoms with van der Waals surface area (Å²) in [5, 5.41) is 3.75. The molecule has 2 aromatic heterocycles. The maximum atomic E-state index is 12.8. The van der Waals surface area contributed by atoms with Crippen LogP contribution in [0.5, 0.6) is 0 Å². The second-order valence-electron chi connectivity index (χ2n) is 4.63. The van der Waals surface area contributed by atoms with E-state index in [-0.39, 0.29) is 18.3 Å². The molecule has 2 rings (SSSR count). The molecule has 0 aliphatic rings. The van der Waals surface area contributed by atoms with E-state index in [1.165, 1.54) is 12.1 Å². The molecule has 0 aliphatic carbocycles. The fourth-order valence-corrected chi connectivity index (χ4v) is 1.49. The molecule has 6 nitrogen and oxygen atoms in total. The van der Waals surface area contributed by atoms with Crippen molar-refractivity contribution in [1.29, 1.82) is 0 Å². The van der Waals surface area contributed by atoms with E-state index in [1.54, 1.807) is 20.8 Å². The standard InChI is InChI=1S/C13H14FN3O3/c1-4-19-12(18)13(2,3)11-16-10(17-20-11)9-6-5-8(14)7-15-9/h5-7H,4H2,1-3H3. The van der Waals surface area contributed by atoms with Crippen LogP contribution in [0.1, 0.15) is 26.7 Å². The largest absolute Gasteiger partial charge is 0.465 e. The van der Waals surface area contributed by atoms with Gasteiger partial charge >= 0.3 is 5.97 Å². The first-order valence-electron chi connectivity index (χ1n) is 6.08. The van der Waals surface area contributed by atoms with Crippen molar-refractivity contribution in [2.45, 2.75) is 26.2 Å². The van der Waals surface area contributed by atoms with Crippen LogP contribution in [0.25, 0.3) is 11.5 Å². The maximum Gasteiger partial charge on any atom is 0.321 e. The summed E-state index contributed by atoms with van der Waals surface area (Å²) in [5.41, 5.74) is -0.692. The van der Waals surface area contributed by atoms with Crippen molar-refractivity contribution in [1.82, 2.24) is 15.1 Å². The minimum absolute atomic E-state index is 0.122. The molecule has 0 fully saturated rings. The van der Waals surface area contributed by atoms with E-state index in [1.807, 2.05) is 0 Å². The van der Waals surface area contributed by atoms with Crippen molar-refractivity contribution in [2.75, 3.05) is 6.61 Å². The molecule has 20 heavy (non-hydrogen) atoms. The van der Waals surface area contributed by atoms with Crippen molar-refractivity contribution in [3.8, 4) is 11.5 Å². The topological polar surface area (TPSA) is 78.1 Å². The highest BCUT2D eigenvalue weighted by molar-refractivity contribution is 5.80. The monoisotopic (exact) mass is 279 g/mol. The van der Waals surface area contributed by atoms with Gasteiger partial charge in [0, 0.05) is 0 Å². The molecule has 0 N–H and O–H groups in total. The molecule has 7 heteroatoms. The van der Waals surface area contributed by atoms with Crippen LogP contribution in [0.4, 0.5) is 4.39 Å². The number of hydrogen-bond donors (Lipinski definition) is 0. The van der Waals surface area contributed by atoms with Gasteiger partial charge < -0.3 is 9.26 Å². The van der Waals surface area contributed by atoms with Gasteiger partial charge in [0.1, 0.15) is 16.9 Å². The molecule has 2 aromatic rings. The Balaban J connectivity index is 2.28. The van der Waals surface area contributed by atoms with Crippen LogP contribution in [-0.4, -0.2) is 27.7 Å². The van der Waals surface area contributed by atoms with Crippen LogP contribution in [0.15, 0.2) is 22.9 Å². The number of pyridine rings is 1. The molecule has 0 unspecified atom stereocenters. The van der Waals surface area contributed by atoms with Crippen LogP contribution in [-0.2, 0) is 14.9 Å². The van der Waals surface area contributed by atoms with Crippen molar-refractivity contribution >= 4 is 5.97 Å². The van der Waals surface area contributed by atoms with Gasteiger partial charge in [0.05, 0.1) is 12.8 Å². The predicted octanol–water partition coefficient (Wildman–Crippen LogP) is 2.11. The Labute approximate surface area is 115 Å².